The van der Waals surface area contributed by atoms with Gasteiger partial charge in [-0.1, -0.05) is 0 Å². The van der Waals surface area contributed by atoms with E-state index < -0.39 is 11.5 Å². The van der Waals surface area contributed by atoms with Crippen LogP contribution >= 0.6 is 22.6 Å². The van der Waals surface area contributed by atoms with Gasteiger partial charge in [0, 0.05) is 21.7 Å². The first-order chi connectivity index (χ1) is 7.80. The van der Waals surface area contributed by atoms with E-state index >= 15 is 0 Å². The topological polar surface area (TPSA) is 82.2 Å². The molecule has 0 unspecified atom stereocenters. The first kappa shape index (κ1) is 14.0. The van der Waals surface area contributed by atoms with Crippen LogP contribution in [0.2, 0.25) is 0 Å². The molecule has 0 saturated heterocycles. The van der Waals surface area contributed by atoms with Crippen LogP contribution in [0.15, 0.2) is 12.3 Å². The highest BCUT2D eigenvalue weighted by Gasteiger charge is 2.22. The summed E-state index contributed by atoms with van der Waals surface area (Å²) in [5.41, 5.74) is -0.0516. The normalized spacial score (nSPS) is 11.2. The summed E-state index contributed by atoms with van der Waals surface area (Å²) in [7, 11) is 0. The molecule has 0 bridgehead atoms. The minimum Gasteiger partial charge on any atom is -0.481 e. The molecule has 0 aromatic carbocycles. The van der Waals surface area contributed by atoms with Gasteiger partial charge in [0.25, 0.3) is 5.91 Å². The highest BCUT2D eigenvalue weighted by Crippen LogP contribution is 2.13. The summed E-state index contributed by atoms with van der Waals surface area (Å²) in [6, 6.07) is 1.74. The molecule has 0 atom stereocenters. The zero-order valence-electron chi connectivity index (χ0n) is 9.71. The number of aromatic nitrogens is 1. The third kappa shape index (κ3) is 4.76. The summed E-state index contributed by atoms with van der Waals surface area (Å²) in [6.45, 7) is 3.61. The maximum atomic E-state index is 11.8. The second-order valence-electron chi connectivity index (χ2n) is 4.46. The molecule has 0 aliphatic rings. The van der Waals surface area contributed by atoms with Crippen LogP contribution in [0.5, 0.6) is 0 Å². The number of hydrogen-bond acceptors (Lipinski definition) is 2. The lowest BCUT2D eigenvalue weighted by atomic mass is 9.98. The predicted octanol–water partition coefficient (Wildman–Crippen LogP) is 1.99. The number of H-pyrrole nitrogens is 1. The van der Waals surface area contributed by atoms with Crippen molar-refractivity contribution >= 4 is 34.5 Å². The van der Waals surface area contributed by atoms with Crippen molar-refractivity contribution in [3.05, 3.63) is 21.5 Å². The number of carbonyl (C=O) groups excluding carboxylic acids is 1. The van der Waals surface area contributed by atoms with E-state index in [1.807, 2.05) is 13.8 Å². The fourth-order valence-electron chi connectivity index (χ4n) is 1.36. The number of carbonyl (C=O) groups is 2. The van der Waals surface area contributed by atoms with E-state index in [2.05, 4.69) is 32.9 Å². The van der Waals surface area contributed by atoms with Crippen LogP contribution in [0.4, 0.5) is 0 Å². The van der Waals surface area contributed by atoms with E-state index in [1.165, 1.54) is 0 Å². The smallest absolute Gasteiger partial charge is 0.303 e. The number of nitrogens with one attached hydrogen (secondary N) is 2. The molecule has 0 saturated carbocycles. The Morgan fingerprint density at radius 3 is 2.65 bits per heavy atom. The summed E-state index contributed by atoms with van der Waals surface area (Å²) >= 11 is 2.11. The van der Waals surface area contributed by atoms with Gasteiger partial charge < -0.3 is 15.4 Å². The largest absolute Gasteiger partial charge is 0.481 e. The summed E-state index contributed by atoms with van der Waals surface area (Å²) in [6.07, 6.45) is 2.17. The average Bonchev–Trinajstić information content (AvgIpc) is 2.61. The molecule has 1 aromatic rings. The van der Waals surface area contributed by atoms with Crippen LogP contribution in [-0.2, 0) is 4.79 Å². The van der Waals surface area contributed by atoms with Gasteiger partial charge in [-0.25, -0.2) is 0 Å². The quantitative estimate of drug-likeness (QED) is 0.711. The van der Waals surface area contributed by atoms with Crippen molar-refractivity contribution in [3.8, 4) is 0 Å². The van der Waals surface area contributed by atoms with E-state index in [9.17, 15) is 9.59 Å². The number of halogens is 1. The second kappa shape index (κ2) is 5.52. The van der Waals surface area contributed by atoms with Crippen LogP contribution in [0.25, 0.3) is 0 Å². The SMILES string of the molecule is CC(C)(CCC(=O)O)NC(=O)c1cc(I)c[nH]1. The Hall–Kier alpha value is -1.05. The summed E-state index contributed by atoms with van der Waals surface area (Å²) in [5, 5.41) is 11.4. The lowest BCUT2D eigenvalue weighted by Crippen LogP contribution is -2.43. The van der Waals surface area contributed by atoms with Gasteiger partial charge >= 0.3 is 5.97 Å². The summed E-state index contributed by atoms with van der Waals surface area (Å²) in [4.78, 5) is 25.2. The first-order valence-corrected chi connectivity index (χ1v) is 6.26. The van der Waals surface area contributed by atoms with Crippen LogP contribution in [0.1, 0.15) is 37.2 Å². The minimum atomic E-state index is -0.859. The van der Waals surface area contributed by atoms with Gasteiger partial charge in [-0.15, -0.1) is 0 Å². The van der Waals surface area contributed by atoms with E-state index in [0.717, 1.165) is 3.57 Å². The molecular formula is C11H15IN2O3. The van der Waals surface area contributed by atoms with Crippen molar-refractivity contribution in [3.63, 3.8) is 0 Å². The van der Waals surface area contributed by atoms with Crippen molar-refractivity contribution in [2.45, 2.75) is 32.2 Å². The minimum absolute atomic E-state index is 0.0372. The Labute approximate surface area is 113 Å². The maximum absolute atomic E-state index is 11.8. The van der Waals surface area contributed by atoms with E-state index in [0.29, 0.717) is 12.1 Å². The lowest BCUT2D eigenvalue weighted by Gasteiger charge is -2.25. The van der Waals surface area contributed by atoms with E-state index in [1.54, 1.807) is 12.3 Å². The van der Waals surface area contributed by atoms with E-state index in [4.69, 9.17) is 5.11 Å². The molecular weight excluding hydrogens is 335 g/mol. The highest BCUT2D eigenvalue weighted by atomic mass is 127. The fraction of sp³-hybridized carbons (Fsp3) is 0.455. The van der Waals surface area contributed by atoms with Gasteiger partial charge in [-0.2, -0.15) is 0 Å². The molecule has 0 radical (unpaired) electrons. The van der Waals surface area contributed by atoms with Crippen molar-refractivity contribution in [2.24, 2.45) is 0 Å². The number of carboxylic acids is 1. The molecule has 1 aromatic heterocycles. The zero-order valence-corrected chi connectivity index (χ0v) is 11.9. The van der Waals surface area contributed by atoms with Crippen LogP contribution in [0, 0.1) is 3.57 Å². The van der Waals surface area contributed by atoms with Crippen LogP contribution in [-0.4, -0.2) is 27.5 Å². The van der Waals surface area contributed by atoms with Crippen molar-refractivity contribution in [2.75, 3.05) is 0 Å². The van der Waals surface area contributed by atoms with Gasteiger partial charge in [-0.05, 0) is 48.9 Å². The molecule has 0 aliphatic heterocycles. The molecule has 5 nitrogen and oxygen atoms in total. The molecule has 1 rings (SSSR count). The van der Waals surface area contributed by atoms with Gasteiger partial charge in [0.15, 0.2) is 0 Å². The second-order valence-corrected chi connectivity index (χ2v) is 5.71. The van der Waals surface area contributed by atoms with Crippen molar-refractivity contribution in [1.82, 2.24) is 10.3 Å². The first-order valence-electron chi connectivity index (χ1n) is 5.18. The van der Waals surface area contributed by atoms with Crippen molar-refractivity contribution < 1.29 is 14.7 Å². The molecule has 0 fully saturated rings. The number of carboxylic acid groups (broad SMARTS) is 1. The van der Waals surface area contributed by atoms with Gasteiger partial charge in [0.2, 0.25) is 0 Å². The summed E-state index contributed by atoms with van der Waals surface area (Å²) in [5.74, 6) is -1.08. The Kier molecular flexibility index (Phi) is 4.55. The fourth-order valence-corrected chi connectivity index (χ4v) is 1.82. The number of aliphatic carboxylic acids is 1. The Morgan fingerprint density at radius 2 is 2.18 bits per heavy atom. The molecule has 94 valence electrons. The molecule has 3 N–H and O–H groups in total. The monoisotopic (exact) mass is 350 g/mol. The highest BCUT2D eigenvalue weighted by molar-refractivity contribution is 14.1. The third-order valence-corrected chi connectivity index (χ3v) is 2.93. The number of amides is 1. The molecule has 0 spiro atoms. The lowest BCUT2D eigenvalue weighted by molar-refractivity contribution is -0.137. The van der Waals surface area contributed by atoms with Crippen LogP contribution in [0.3, 0.4) is 0 Å². The van der Waals surface area contributed by atoms with Crippen molar-refractivity contribution in [1.29, 1.82) is 0 Å². The van der Waals surface area contributed by atoms with Gasteiger partial charge in [-0.3, -0.25) is 9.59 Å². The Bertz CT molecular complexity index is 426. The maximum Gasteiger partial charge on any atom is 0.303 e. The standard InChI is InChI=1S/C11H15IN2O3/c1-11(2,4-3-9(15)16)14-10(17)8-5-7(12)6-13-8/h5-6,13H,3-4H2,1-2H3,(H,14,17)(H,15,16). The Morgan fingerprint density at radius 1 is 1.53 bits per heavy atom. The average molecular weight is 350 g/mol. The summed E-state index contributed by atoms with van der Waals surface area (Å²) < 4.78 is 0.955. The molecule has 0 aliphatic carbocycles. The van der Waals surface area contributed by atoms with E-state index in [-0.39, 0.29) is 12.3 Å². The predicted molar refractivity (Wildman–Crippen MR) is 71.9 cm³/mol. The van der Waals surface area contributed by atoms with Gasteiger partial charge in [0.05, 0.1) is 0 Å². The Balaban J connectivity index is 2.58. The molecule has 17 heavy (non-hydrogen) atoms. The van der Waals surface area contributed by atoms with Gasteiger partial charge in [0.1, 0.15) is 5.69 Å². The number of hydrogen-bond donors (Lipinski definition) is 3. The number of rotatable bonds is 5. The molecule has 1 amide bonds. The van der Waals surface area contributed by atoms with Crippen LogP contribution < -0.4 is 5.32 Å². The molecule has 6 heteroatoms. The number of aromatic amines is 1. The zero-order chi connectivity index (χ0) is 13.1. The third-order valence-electron chi connectivity index (χ3n) is 2.31. The molecule has 1 heterocycles.